The van der Waals surface area contributed by atoms with E-state index in [-0.39, 0.29) is 25.0 Å². The van der Waals surface area contributed by atoms with Crippen molar-refractivity contribution in [2.45, 2.75) is 103 Å². The molecule has 9 atom stereocenters. The van der Waals surface area contributed by atoms with Gasteiger partial charge in [-0.15, -0.1) is 11.6 Å². The number of hydrogen-bond donors (Lipinski definition) is 1. The number of Topliss-reactive ketones (excluding diaryl/α,β-unsaturated/α-hetero) is 1. The highest BCUT2D eigenvalue weighted by atomic mass is 35.5. The van der Waals surface area contributed by atoms with Crippen LogP contribution in [0.3, 0.4) is 0 Å². The number of fused-ring (bicyclic) bond motifs is 5. The van der Waals surface area contributed by atoms with Crippen LogP contribution in [-0.4, -0.2) is 63.9 Å². The molecular weight excluding hydrogens is 552 g/mol. The average Bonchev–Trinajstić information content (AvgIpc) is 3.17. The number of carbonyl (C=O) groups is 5. The molecule has 4 aliphatic rings. The second kappa shape index (κ2) is 11.0. The molecule has 4 aliphatic carbocycles. The molecule has 0 heterocycles. The lowest BCUT2D eigenvalue weighted by Crippen LogP contribution is -2.76. The van der Waals surface area contributed by atoms with Gasteiger partial charge in [0, 0.05) is 30.6 Å². The van der Waals surface area contributed by atoms with Gasteiger partial charge in [0.1, 0.15) is 12.2 Å². The third-order valence-electron chi connectivity index (χ3n) is 10.5. The Balaban J connectivity index is 1.95. The van der Waals surface area contributed by atoms with Crippen LogP contribution in [-0.2, 0) is 38.2 Å². The van der Waals surface area contributed by atoms with Crippen LogP contribution in [0.25, 0.3) is 0 Å². The predicted molar refractivity (Wildman–Crippen MR) is 149 cm³/mol. The molecule has 10 heteroatoms. The van der Waals surface area contributed by atoms with Crippen LogP contribution in [0.2, 0.25) is 0 Å². The molecule has 9 nitrogen and oxygen atoms in total. The summed E-state index contributed by atoms with van der Waals surface area (Å²) in [5.41, 5.74) is -3.44. The van der Waals surface area contributed by atoms with Crippen LogP contribution in [0.4, 0.5) is 0 Å². The van der Waals surface area contributed by atoms with Gasteiger partial charge in [-0.1, -0.05) is 53.2 Å². The molecule has 4 rings (SSSR count). The number of ether oxygens (including phenoxy) is 3. The summed E-state index contributed by atoms with van der Waals surface area (Å²) in [6, 6.07) is 0. The van der Waals surface area contributed by atoms with E-state index >= 15 is 0 Å². The number of esters is 3. The highest BCUT2D eigenvalue weighted by Crippen LogP contribution is 2.72. The Kier molecular flexibility index (Phi) is 8.39. The van der Waals surface area contributed by atoms with E-state index in [0.717, 1.165) is 5.57 Å². The Labute approximate surface area is 246 Å². The van der Waals surface area contributed by atoms with Crippen molar-refractivity contribution in [2.75, 3.05) is 6.61 Å². The maximum Gasteiger partial charge on any atom is 0.306 e. The van der Waals surface area contributed by atoms with Gasteiger partial charge in [-0.2, -0.15) is 0 Å². The molecule has 3 fully saturated rings. The minimum atomic E-state index is -1.87. The molecule has 0 spiro atoms. The minimum Gasteiger partial charge on any atom is -0.459 e. The molecule has 1 unspecified atom stereocenters. The number of aliphatic hydroxyl groups excluding tert-OH is 1. The molecule has 0 aromatic heterocycles. The van der Waals surface area contributed by atoms with Gasteiger partial charge in [-0.25, -0.2) is 0 Å². The van der Waals surface area contributed by atoms with Crippen molar-refractivity contribution in [1.82, 2.24) is 0 Å². The molecule has 41 heavy (non-hydrogen) atoms. The predicted octanol–water partition coefficient (Wildman–Crippen LogP) is 4.02. The molecule has 0 aliphatic heterocycles. The normalized spacial score (nSPS) is 40.9. The SMILES string of the molecule is CCC(=O)OCC(=O)[C@@]1(OC(=O)CC)[C@@H](C)C[C@H]2C3CCC4=CC(=O)C=C[C@]4(C)[C@@]3(Cl)[C@@H](O)[C@@H](OC(=O)CC)[C@@]21C. The maximum atomic E-state index is 14.2. The lowest BCUT2D eigenvalue weighted by molar-refractivity contribution is -0.244. The quantitative estimate of drug-likeness (QED) is 0.252. The third-order valence-corrected chi connectivity index (χ3v) is 11.4. The Morgan fingerprint density at radius 3 is 2.27 bits per heavy atom. The van der Waals surface area contributed by atoms with Crippen molar-refractivity contribution < 1.29 is 43.3 Å². The van der Waals surface area contributed by atoms with E-state index in [1.165, 1.54) is 6.08 Å². The lowest BCUT2D eigenvalue weighted by atomic mass is 9.44. The van der Waals surface area contributed by atoms with E-state index in [9.17, 15) is 29.1 Å². The molecular formula is C31H41ClO9. The van der Waals surface area contributed by atoms with Gasteiger partial charge in [0.15, 0.2) is 18.0 Å². The summed E-state index contributed by atoms with van der Waals surface area (Å²) in [7, 11) is 0. The first-order valence-corrected chi connectivity index (χ1v) is 15.0. The fourth-order valence-corrected chi connectivity index (χ4v) is 8.93. The Bertz CT molecular complexity index is 1210. The van der Waals surface area contributed by atoms with Gasteiger partial charge in [-0.05, 0) is 43.3 Å². The summed E-state index contributed by atoms with van der Waals surface area (Å²) in [5.74, 6) is -4.05. The number of rotatable bonds is 8. The number of alkyl halides is 1. The smallest absolute Gasteiger partial charge is 0.306 e. The number of hydrogen-bond acceptors (Lipinski definition) is 9. The second-order valence-electron chi connectivity index (χ2n) is 12.3. The van der Waals surface area contributed by atoms with Gasteiger partial charge in [0.2, 0.25) is 5.78 Å². The molecule has 0 aromatic rings. The van der Waals surface area contributed by atoms with Gasteiger partial charge >= 0.3 is 17.9 Å². The molecule has 0 radical (unpaired) electrons. The Morgan fingerprint density at radius 1 is 1.02 bits per heavy atom. The fourth-order valence-electron chi connectivity index (χ4n) is 8.37. The molecule has 0 saturated heterocycles. The van der Waals surface area contributed by atoms with Crippen LogP contribution >= 0.6 is 11.6 Å². The molecule has 1 N–H and O–H groups in total. The van der Waals surface area contributed by atoms with Crippen LogP contribution in [0.1, 0.15) is 80.1 Å². The zero-order valence-electron chi connectivity index (χ0n) is 24.7. The number of ketones is 2. The summed E-state index contributed by atoms with van der Waals surface area (Å²) in [6.07, 6.45) is 3.34. The van der Waals surface area contributed by atoms with E-state index in [1.807, 2.05) is 6.92 Å². The van der Waals surface area contributed by atoms with Gasteiger partial charge in [-0.3, -0.25) is 24.0 Å². The van der Waals surface area contributed by atoms with E-state index < -0.39 is 81.6 Å². The van der Waals surface area contributed by atoms with Crippen molar-refractivity contribution >= 4 is 41.1 Å². The molecule has 3 saturated carbocycles. The highest BCUT2D eigenvalue weighted by molar-refractivity contribution is 6.26. The van der Waals surface area contributed by atoms with E-state index in [1.54, 1.807) is 46.8 Å². The maximum absolute atomic E-state index is 14.2. The van der Waals surface area contributed by atoms with Gasteiger partial charge in [0.05, 0.1) is 10.3 Å². The highest BCUT2D eigenvalue weighted by Gasteiger charge is 2.80. The number of halogens is 1. The third kappa shape index (κ3) is 4.32. The van der Waals surface area contributed by atoms with Crippen molar-refractivity contribution in [3.05, 3.63) is 23.8 Å². The number of aliphatic hydroxyl groups is 1. The molecule has 226 valence electrons. The van der Waals surface area contributed by atoms with E-state index in [4.69, 9.17) is 25.8 Å². The molecule has 0 amide bonds. The first kappa shape index (κ1) is 31.4. The van der Waals surface area contributed by atoms with Crippen molar-refractivity contribution in [3.63, 3.8) is 0 Å². The van der Waals surface area contributed by atoms with Crippen molar-refractivity contribution in [2.24, 2.45) is 28.6 Å². The topological polar surface area (TPSA) is 133 Å². The van der Waals surface area contributed by atoms with E-state index in [2.05, 4.69) is 0 Å². The number of carbonyl (C=O) groups excluding carboxylic acids is 5. The second-order valence-corrected chi connectivity index (χ2v) is 12.9. The van der Waals surface area contributed by atoms with Crippen LogP contribution in [0.5, 0.6) is 0 Å². The summed E-state index contributed by atoms with van der Waals surface area (Å²) in [4.78, 5) is 63.0. The van der Waals surface area contributed by atoms with E-state index in [0.29, 0.717) is 19.3 Å². The van der Waals surface area contributed by atoms with Crippen LogP contribution in [0, 0.1) is 28.6 Å². The average molecular weight is 593 g/mol. The number of allylic oxidation sites excluding steroid dienone is 4. The zero-order valence-corrected chi connectivity index (χ0v) is 25.4. The minimum absolute atomic E-state index is 0.00112. The summed E-state index contributed by atoms with van der Waals surface area (Å²) >= 11 is 7.61. The van der Waals surface area contributed by atoms with Gasteiger partial charge < -0.3 is 19.3 Å². The van der Waals surface area contributed by atoms with Crippen LogP contribution < -0.4 is 0 Å². The molecule has 0 bridgehead atoms. The Morgan fingerprint density at radius 2 is 1.66 bits per heavy atom. The first-order chi connectivity index (χ1) is 19.2. The van der Waals surface area contributed by atoms with Gasteiger partial charge in [0.25, 0.3) is 0 Å². The monoisotopic (exact) mass is 592 g/mol. The summed E-state index contributed by atoms with van der Waals surface area (Å²) < 4.78 is 17.4. The van der Waals surface area contributed by atoms with Crippen LogP contribution in [0.15, 0.2) is 23.8 Å². The first-order valence-electron chi connectivity index (χ1n) is 14.6. The summed E-state index contributed by atoms with van der Waals surface area (Å²) in [6.45, 7) is 9.60. The molecule has 0 aromatic carbocycles. The van der Waals surface area contributed by atoms with Crippen molar-refractivity contribution in [3.8, 4) is 0 Å². The van der Waals surface area contributed by atoms with Crippen molar-refractivity contribution in [1.29, 1.82) is 0 Å². The Hall–Kier alpha value is -2.52. The zero-order chi connectivity index (χ0) is 30.5. The fraction of sp³-hybridized carbons (Fsp3) is 0.710. The standard InChI is InChI=1S/C31H41ClO9/c1-7-23(35)39-16-22(34)31(41-25(37)9-3)17(4)14-21-20-11-10-18-15-19(33)12-13-28(18,5)30(20,32)26(38)27(29(21,31)6)40-24(36)8-2/h12-13,15,17,20-21,26-27,38H,7-11,14,16H2,1-6H3/t17-,20?,21-,26-,27+,28-,29+,30-,31-/m0/s1. The lowest BCUT2D eigenvalue weighted by Gasteiger charge is -2.65. The largest absolute Gasteiger partial charge is 0.459 e. The summed E-state index contributed by atoms with van der Waals surface area (Å²) in [5, 5.41) is 12.3.